The number of H-pyrrole nitrogens is 1. The van der Waals surface area contributed by atoms with Crippen LogP contribution < -0.4 is 9.60 Å². The lowest BCUT2D eigenvalue weighted by Crippen LogP contribution is -2.24. The van der Waals surface area contributed by atoms with E-state index in [1.165, 1.54) is 12.8 Å². The van der Waals surface area contributed by atoms with Gasteiger partial charge in [-0.25, -0.2) is 13.1 Å². The lowest BCUT2D eigenvalue weighted by atomic mass is 10.2. The van der Waals surface area contributed by atoms with Gasteiger partial charge >= 0.3 is 4.87 Å². The normalized spacial score (nSPS) is 16.3. The van der Waals surface area contributed by atoms with Gasteiger partial charge in [-0.2, -0.15) is 0 Å². The predicted octanol–water partition coefficient (Wildman–Crippen LogP) is 1.21. The van der Waals surface area contributed by atoms with Gasteiger partial charge in [-0.15, -0.1) is 0 Å². The highest BCUT2D eigenvalue weighted by molar-refractivity contribution is 7.91. The summed E-state index contributed by atoms with van der Waals surface area (Å²) in [6, 6.07) is 0. The van der Waals surface area contributed by atoms with Crippen LogP contribution in [0, 0.1) is 12.8 Å². The third-order valence-corrected chi connectivity index (χ3v) is 5.87. The van der Waals surface area contributed by atoms with Crippen molar-refractivity contribution in [2.45, 2.75) is 36.8 Å². The van der Waals surface area contributed by atoms with E-state index in [4.69, 9.17) is 0 Å². The summed E-state index contributed by atoms with van der Waals surface area (Å²) in [6.45, 7) is 2.04. The van der Waals surface area contributed by atoms with E-state index in [9.17, 15) is 13.2 Å². The molecule has 5 nitrogen and oxygen atoms in total. The molecular formula is C10H16N2O3S2. The van der Waals surface area contributed by atoms with Crippen molar-refractivity contribution in [2.75, 3.05) is 6.54 Å². The van der Waals surface area contributed by atoms with E-state index in [2.05, 4.69) is 9.71 Å². The van der Waals surface area contributed by atoms with Crippen LogP contribution in [0.5, 0.6) is 0 Å². The summed E-state index contributed by atoms with van der Waals surface area (Å²) in [5.74, 6) is 0.810. The average Bonchev–Trinajstić information content (AvgIpc) is 2.99. The number of hydrogen-bond donors (Lipinski definition) is 2. The Labute approximate surface area is 104 Å². The maximum absolute atomic E-state index is 11.9. The van der Waals surface area contributed by atoms with Gasteiger partial charge in [0.15, 0.2) is 4.21 Å². The second-order valence-electron chi connectivity index (χ2n) is 4.41. The standard InChI is InChI=1S/C10H16N2O3S2/c1-7-9(16-10(13)12-7)17(14,15)11-6-2-3-8-4-5-8/h8,11H,2-6H2,1H3,(H,12,13). The van der Waals surface area contributed by atoms with Crippen molar-refractivity contribution in [1.29, 1.82) is 0 Å². The molecule has 7 heteroatoms. The van der Waals surface area contributed by atoms with Crippen molar-refractivity contribution in [1.82, 2.24) is 9.71 Å². The first-order valence-corrected chi connectivity index (χ1v) is 7.98. The van der Waals surface area contributed by atoms with Gasteiger partial charge in [0.05, 0.1) is 0 Å². The third kappa shape index (κ3) is 3.40. The molecule has 0 aliphatic heterocycles. The molecule has 0 saturated heterocycles. The lowest BCUT2D eigenvalue weighted by molar-refractivity contribution is 0.574. The molecule has 2 rings (SSSR count). The minimum absolute atomic E-state index is 0.105. The Bertz CT molecular complexity index is 540. The fourth-order valence-electron chi connectivity index (χ4n) is 1.72. The van der Waals surface area contributed by atoms with Gasteiger partial charge in [0.25, 0.3) is 10.0 Å². The Morgan fingerprint density at radius 1 is 1.47 bits per heavy atom. The quantitative estimate of drug-likeness (QED) is 0.767. The van der Waals surface area contributed by atoms with Crippen molar-refractivity contribution >= 4 is 21.4 Å². The molecule has 96 valence electrons. The molecule has 1 aliphatic rings. The fraction of sp³-hybridized carbons (Fsp3) is 0.700. The smallest absolute Gasteiger partial charge is 0.305 e. The Kier molecular flexibility index (Phi) is 3.70. The van der Waals surface area contributed by atoms with Crippen LogP contribution in [0.2, 0.25) is 0 Å². The van der Waals surface area contributed by atoms with Gasteiger partial charge in [0, 0.05) is 12.2 Å². The summed E-state index contributed by atoms with van der Waals surface area (Å²) in [4.78, 5) is 13.2. The number of aromatic nitrogens is 1. The highest BCUT2D eigenvalue weighted by atomic mass is 32.2. The van der Waals surface area contributed by atoms with Crippen molar-refractivity contribution in [2.24, 2.45) is 5.92 Å². The van der Waals surface area contributed by atoms with E-state index in [1.54, 1.807) is 6.92 Å². The fourth-order valence-corrected chi connectivity index (χ4v) is 4.13. The summed E-state index contributed by atoms with van der Waals surface area (Å²) >= 11 is 0.736. The van der Waals surface area contributed by atoms with E-state index in [1.807, 2.05) is 0 Å². The SMILES string of the molecule is Cc1[nH]c(=O)sc1S(=O)(=O)NCCCC1CC1. The Morgan fingerprint density at radius 2 is 2.18 bits per heavy atom. The second kappa shape index (κ2) is 4.91. The largest absolute Gasteiger partial charge is 0.315 e. The topological polar surface area (TPSA) is 79.0 Å². The molecule has 2 N–H and O–H groups in total. The van der Waals surface area contributed by atoms with Crippen LogP contribution >= 0.6 is 11.3 Å². The molecule has 0 spiro atoms. The maximum Gasteiger partial charge on any atom is 0.305 e. The van der Waals surface area contributed by atoms with Crippen molar-refractivity contribution in [3.8, 4) is 0 Å². The number of aryl methyl sites for hydroxylation is 1. The van der Waals surface area contributed by atoms with Crippen LogP contribution in [-0.2, 0) is 10.0 Å². The third-order valence-electron chi connectivity index (χ3n) is 2.80. The maximum atomic E-state index is 11.9. The highest BCUT2D eigenvalue weighted by Gasteiger charge is 2.22. The molecule has 1 aliphatic carbocycles. The summed E-state index contributed by atoms with van der Waals surface area (Å²) in [5.41, 5.74) is 0.412. The van der Waals surface area contributed by atoms with Gasteiger partial charge < -0.3 is 4.98 Å². The van der Waals surface area contributed by atoms with Gasteiger partial charge in [0.1, 0.15) is 0 Å². The zero-order valence-electron chi connectivity index (χ0n) is 9.65. The molecule has 0 bridgehead atoms. The average molecular weight is 276 g/mol. The molecule has 0 atom stereocenters. The van der Waals surface area contributed by atoms with E-state index < -0.39 is 10.0 Å². The van der Waals surface area contributed by atoms with Crippen LogP contribution in [0.3, 0.4) is 0 Å². The van der Waals surface area contributed by atoms with E-state index in [0.29, 0.717) is 12.2 Å². The minimum Gasteiger partial charge on any atom is -0.315 e. The molecule has 0 aromatic carbocycles. The number of sulfonamides is 1. The first-order valence-electron chi connectivity index (χ1n) is 5.68. The van der Waals surface area contributed by atoms with Crippen molar-refractivity contribution in [3.05, 3.63) is 15.4 Å². The summed E-state index contributed by atoms with van der Waals surface area (Å²) in [6.07, 6.45) is 4.52. The lowest BCUT2D eigenvalue weighted by Gasteiger charge is -2.04. The second-order valence-corrected chi connectivity index (χ2v) is 7.36. The van der Waals surface area contributed by atoms with E-state index in [-0.39, 0.29) is 9.08 Å². The van der Waals surface area contributed by atoms with Crippen LogP contribution in [0.15, 0.2) is 9.00 Å². The summed E-state index contributed by atoms with van der Waals surface area (Å²) < 4.78 is 26.4. The molecule has 0 unspecified atom stereocenters. The van der Waals surface area contributed by atoms with Gasteiger partial charge in [-0.3, -0.25) is 4.79 Å². The molecule has 1 fully saturated rings. The molecule has 0 amide bonds. The molecule has 0 radical (unpaired) electrons. The molecule has 1 heterocycles. The molecule has 1 aromatic heterocycles. The van der Waals surface area contributed by atoms with Crippen LogP contribution in [-0.4, -0.2) is 19.9 Å². The van der Waals surface area contributed by atoms with Gasteiger partial charge in [0.2, 0.25) is 0 Å². The Balaban J connectivity index is 1.93. The first-order chi connectivity index (χ1) is 7.99. The molecular weight excluding hydrogens is 260 g/mol. The molecule has 17 heavy (non-hydrogen) atoms. The number of rotatable bonds is 6. The Morgan fingerprint density at radius 3 is 2.71 bits per heavy atom. The molecule has 1 saturated carbocycles. The van der Waals surface area contributed by atoms with Crippen LogP contribution in [0.25, 0.3) is 0 Å². The number of hydrogen-bond acceptors (Lipinski definition) is 4. The summed E-state index contributed by atoms with van der Waals surface area (Å²) in [5, 5.41) is 0. The van der Waals surface area contributed by atoms with Crippen molar-refractivity contribution < 1.29 is 8.42 Å². The monoisotopic (exact) mass is 276 g/mol. The van der Waals surface area contributed by atoms with E-state index >= 15 is 0 Å². The van der Waals surface area contributed by atoms with Gasteiger partial charge in [-0.05, 0) is 25.7 Å². The zero-order valence-corrected chi connectivity index (χ0v) is 11.3. The van der Waals surface area contributed by atoms with Crippen LogP contribution in [0.1, 0.15) is 31.4 Å². The van der Waals surface area contributed by atoms with Crippen LogP contribution in [0.4, 0.5) is 0 Å². The predicted molar refractivity (Wildman–Crippen MR) is 66.8 cm³/mol. The number of thiazole rings is 1. The summed E-state index contributed by atoms with van der Waals surface area (Å²) in [7, 11) is -3.51. The van der Waals surface area contributed by atoms with Gasteiger partial charge in [-0.1, -0.05) is 24.2 Å². The molecule has 1 aromatic rings. The number of nitrogens with one attached hydrogen (secondary N) is 2. The first kappa shape index (κ1) is 12.8. The van der Waals surface area contributed by atoms with Crippen molar-refractivity contribution in [3.63, 3.8) is 0 Å². The Hall–Kier alpha value is -0.660. The van der Waals surface area contributed by atoms with E-state index in [0.717, 1.165) is 30.1 Å². The highest BCUT2D eigenvalue weighted by Crippen LogP contribution is 2.33. The minimum atomic E-state index is -3.51. The number of aromatic amines is 1. The zero-order chi connectivity index (χ0) is 12.5.